The third-order valence-electron chi connectivity index (χ3n) is 12.3. The Morgan fingerprint density at radius 1 is 1.01 bits per heavy atom. The number of likely N-dealkylation sites (tertiary alicyclic amines) is 1. The van der Waals surface area contributed by atoms with Crippen molar-refractivity contribution in [1.29, 1.82) is 0 Å². The molecule has 6 N–H and O–H groups in total. The van der Waals surface area contributed by atoms with E-state index < -0.39 is 29.5 Å². The molecule has 5 amide bonds. The number of methoxy groups -OCH3 is 1. The fraction of sp³-hybridized carbons (Fsp3) is 0.510. The molecule has 0 saturated carbocycles. The standard InChI is InChI=1S/C51H65N7O8S/c1-32-45(67-31-55-32)34-20-18-33(19-21-34)27-53-48(63)41-24-37(59)29-58(41)50(64)46(51(2,3)4)57-43(60)17-15-13-11-9-7-6-8-10-12-14-16-35-28-54-49(66-30-36-22-23-44(61)56-36)39-26-42(65-5)40(47(52)62)25-38(35)39/h18-21,25-26,28,31,36-37,41,46,59H,6-13,15,17,22-24,27,29-30H2,1-5H3,(H2,52,62)(H,53,63)(H,56,61)(H,57,60). The van der Waals surface area contributed by atoms with Crippen molar-refractivity contribution < 1.29 is 38.6 Å². The van der Waals surface area contributed by atoms with Gasteiger partial charge in [0.05, 0.1) is 46.5 Å². The monoisotopic (exact) mass is 935 g/mol. The first-order valence-electron chi connectivity index (χ1n) is 23.4. The molecule has 4 aromatic rings. The number of hydrogen-bond acceptors (Lipinski definition) is 11. The van der Waals surface area contributed by atoms with Crippen molar-refractivity contribution in [3.63, 3.8) is 0 Å². The number of carbonyl (C=O) groups is 5. The first-order chi connectivity index (χ1) is 32.1. The number of aromatic nitrogens is 2. The van der Waals surface area contributed by atoms with Crippen LogP contribution < -0.4 is 31.2 Å². The second kappa shape index (κ2) is 23.6. The molecule has 67 heavy (non-hydrogen) atoms. The molecule has 2 aliphatic heterocycles. The number of nitrogens with two attached hydrogens (primary N) is 1. The van der Waals surface area contributed by atoms with Gasteiger partial charge in [-0.15, -0.1) is 11.3 Å². The molecule has 2 fully saturated rings. The fourth-order valence-electron chi connectivity index (χ4n) is 8.53. The number of fused-ring (bicyclic) bond motifs is 1. The van der Waals surface area contributed by atoms with E-state index in [1.54, 1.807) is 29.7 Å². The minimum absolute atomic E-state index is 0.000644. The molecule has 0 spiro atoms. The lowest BCUT2D eigenvalue weighted by atomic mass is 9.85. The predicted octanol–water partition coefficient (Wildman–Crippen LogP) is 6.49. The number of benzene rings is 2. The number of hydrogen-bond donors (Lipinski definition) is 5. The maximum absolute atomic E-state index is 14.0. The number of unbranched alkanes of at least 4 members (excludes halogenated alkanes) is 8. The largest absolute Gasteiger partial charge is 0.496 e. The molecule has 2 aliphatic rings. The summed E-state index contributed by atoms with van der Waals surface area (Å²) in [5.41, 5.74) is 10.7. The molecule has 358 valence electrons. The van der Waals surface area contributed by atoms with Gasteiger partial charge >= 0.3 is 0 Å². The van der Waals surface area contributed by atoms with Gasteiger partial charge in [-0.05, 0) is 54.9 Å². The molecule has 0 aliphatic carbocycles. The first-order valence-corrected chi connectivity index (χ1v) is 24.3. The number of amides is 5. The number of nitrogens with zero attached hydrogens (tertiary/aromatic N) is 3. The van der Waals surface area contributed by atoms with Gasteiger partial charge in [-0.2, -0.15) is 0 Å². The van der Waals surface area contributed by atoms with Crippen LogP contribution in [0.25, 0.3) is 21.2 Å². The van der Waals surface area contributed by atoms with E-state index in [0.717, 1.165) is 66.6 Å². The van der Waals surface area contributed by atoms with Gasteiger partial charge in [0.15, 0.2) is 0 Å². The van der Waals surface area contributed by atoms with E-state index in [4.69, 9.17) is 15.2 Å². The minimum atomic E-state index is -0.859. The van der Waals surface area contributed by atoms with Crippen LogP contribution in [0.3, 0.4) is 0 Å². The summed E-state index contributed by atoms with van der Waals surface area (Å²) < 4.78 is 11.5. The lowest BCUT2D eigenvalue weighted by molar-refractivity contribution is -0.144. The molecule has 2 aromatic heterocycles. The average molecular weight is 936 g/mol. The van der Waals surface area contributed by atoms with Gasteiger partial charge < -0.3 is 41.2 Å². The summed E-state index contributed by atoms with van der Waals surface area (Å²) in [4.78, 5) is 75.9. The van der Waals surface area contributed by atoms with E-state index >= 15 is 0 Å². The summed E-state index contributed by atoms with van der Waals surface area (Å²) in [6, 6.07) is 9.47. The molecule has 2 aromatic carbocycles. The van der Waals surface area contributed by atoms with Crippen LogP contribution in [-0.4, -0.2) is 94.0 Å². The zero-order chi connectivity index (χ0) is 48.1. The molecular formula is C51H65N7O8S. The molecule has 16 heteroatoms. The average Bonchev–Trinajstić information content (AvgIpc) is 4.05. The molecule has 4 heterocycles. The van der Waals surface area contributed by atoms with Gasteiger partial charge in [0.25, 0.3) is 5.91 Å². The number of carbonyl (C=O) groups excluding carboxylic acids is 5. The quantitative estimate of drug-likeness (QED) is 0.0452. The Morgan fingerprint density at radius 3 is 2.37 bits per heavy atom. The molecule has 15 nitrogen and oxygen atoms in total. The molecule has 2 saturated heterocycles. The summed E-state index contributed by atoms with van der Waals surface area (Å²) in [6.07, 6.45) is 10.8. The first kappa shape index (κ1) is 50.4. The smallest absolute Gasteiger partial charge is 0.252 e. The van der Waals surface area contributed by atoms with Crippen LogP contribution in [0.4, 0.5) is 0 Å². The third kappa shape index (κ3) is 13.8. The summed E-state index contributed by atoms with van der Waals surface area (Å²) in [5, 5.41) is 20.7. The van der Waals surface area contributed by atoms with Crippen LogP contribution in [0.2, 0.25) is 0 Å². The van der Waals surface area contributed by atoms with Gasteiger partial charge in [0.2, 0.25) is 29.5 Å². The highest BCUT2D eigenvalue weighted by Gasteiger charge is 2.44. The predicted molar refractivity (Wildman–Crippen MR) is 258 cm³/mol. The maximum Gasteiger partial charge on any atom is 0.252 e. The molecular weight excluding hydrogens is 871 g/mol. The highest BCUT2D eigenvalue weighted by molar-refractivity contribution is 7.13. The second-order valence-electron chi connectivity index (χ2n) is 18.6. The Labute approximate surface area is 397 Å². The Bertz CT molecular complexity index is 2450. The summed E-state index contributed by atoms with van der Waals surface area (Å²) >= 11 is 1.58. The Hall–Kier alpha value is -6.05. The number of primary amides is 1. The van der Waals surface area contributed by atoms with Crippen molar-refractivity contribution in [2.75, 3.05) is 20.3 Å². The van der Waals surface area contributed by atoms with Gasteiger partial charge in [-0.1, -0.05) is 95.4 Å². The SMILES string of the molecule is COc1cc2c(OCC3CCC(=O)N3)ncc(C#CCCCCCCCCCCC(=O)NC(C(=O)N3CC(O)CC3C(=O)NCc3ccc(-c4scnc4C)cc3)C(C)(C)C)c2cc1C(N)=O. The summed E-state index contributed by atoms with van der Waals surface area (Å²) in [7, 11) is 1.47. The van der Waals surface area contributed by atoms with Crippen molar-refractivity contribution in [2.45, 2.75) is 142 Å². The lowest BCUT2D eigenvalue weighted by Crippen LogP contribution is -2.57. The number of nitrogens with one attached hydrogen (secondary N) is 3. The van der Waals surface area contributed by atoms with E-state index in [-0.39, 0.29) is 61.4 Å². The molecule has 6 rings (SSSR count). The number of aliphatic hydroxyl groups is 1. The van der Waals surface area contributed by atoms with Gasteiger partial charge in [0, 0.05) is 55.7 Å². The van der Waals surface area contributed by atoms with Crippen molar-refractivity contribution in [2.24, 2.45) is 11.1 Å². The zero-order valence-electron chi connectivity index (χ0n) is 39.4. The van der Waals surface area contributed by atoms with E-state index in [1.807, 2.05) is 57.5 Å². The topological polar surface area (TPSA) is 215 Å². The Morgan fingerprint density at radius 2 is 1.73 bits per heavy atom. The maximum atomic E-state index is 14.0. The number of thiazole rings is 1. The molecule has 4 unspecified atom stereocenters. The Balaban J connectivity index is 0.894. The number of aryl methyl sites for hydroxylation is 1. The van der Waals surface area contributed by atoms with Crippen molar-refractivity contribution in [1.82, 2.24) is 30.8 Å². The zero-order valence-corrected chi connectivity index (χ0v) is 40.2. The second-order valence-corrected chi connectivity index (χ2v) is 19.5. The number of ether oxygens (including phenoxy) is 2. The van der Waals surface area contributed by atoms with Crippen molar-refractivity contribution >= 4 is 51.6 Å². The molecule has 4 atom stereocenters. The number of aliphatic hydroxyl groups excluding tert-OH is 1. The van der Waals surface area contributed by atoms with Crippen LogP contribution in [0.5, 0.6) is 11.6 Å². The van der Waals surface area contributed by atoms with Crippen molar-refractivity contribution in [3.05, 3.63) is 70.5 Å². The fourth-order valence-corrected chi connectivity index (χ4v) is 9.34. The van der Waals surface area contributed by atoms with Crippen LogP contribution in [-0.2, 0) is 25.7 Å². The number of β-amino-alcohol motifs (C(OH)–C–C–N with tert-alkyl or cyclic N) is 1. The number of rotatable bonds is 21. The van der Waals surface area contributed by atoms with E-state index in [1.165, 1.54) is 12.0 Å². The normalized spacial score (nSPS) is 17.4. The van der Waals surface area contributed by atoms with Gasteiger partial charge in [0.1, 0.15) is 24.4 Å². The number of pyridine rings is 1. The molecule has 0 radical (unpaired) electrons. The summed E-state index contributed by atoms with van der Waals surface area (Å²) in [5.74, 6) is 5.61. The third-order valence-corrected chi connectivity index (χ3v) is 13.3. The highest BCUT2D eigenvalue weighted by atomic mass is 32.1. The molecule has 0 bridgehead atoms. The minimum Gasteiger partial charge on any atom is -0.496 e. The lowest BCUT2D eigenvalue weighted by Gasteiger charge is -2.35. The summed E-state index contributed by atoms with van der Waals surface area (Å²) in [6.45, 7) is 8.20. The van der Waals surface area contributed by atoms with Crippen LogP contribution in [0.1, 0.15) is 131 Å². The van der Waals surface area contributed by atoms with Crippen LogP contribution in [0, 0.1) is 24.2 Å². The Kier molecular flexibility index (Phi) is 17.7. The van der Waals surface area contributed by atoms with Crippen LogP contribution >= 0.6 is 11.3 Å². The van der Waals surface area contributed by atoms with E-state index in [2.05, 4.69) is 37.8 Å². The van der Waals surface area contributed by atoms with E-state index in [0.29, 0.717) is 60.1 Å². The van der Waals surface area contributed by atoms with Gasteiger partial charge in [-0.3, -0.25) is 24.0 Å². The van der Waals surface area contributed by atoms with Crippen LogP contribution in [0.15, 0.2) is 48.1 Å². The van der Waals surface area contributed by atoms with Gasteiger partial charge in [-0.25, -0.2) is 9.97 Å². The highest BCUT2D eigenvalue weighted by Crippen LogP contribution is 2.34. The van der Waals surface area contributed by atoms with E-state index in [9.17, 15) is 29.1 Å². The van der Waals surface area contributed by atoms with Crippen molar-refractivity contribution in [3.8, 4) is 33.9 Å².